The molecule has 8 heteroatoms. The molecule has 0 unspecified atom stereocenters. The van der Waals surface area contributed by atoms with E-state index < -0.39 is 10.9 Å². The van der Waals surface area contributed by atoms with Crippen LogP contribution in [0.1, 0.15) is 16.1 Å². The minimum absolute atomic E-state index is 0.101. The summed E-state index contributed by atoms with van der Waals surface area (Å²) in [5.74, 6) is 0.237. The summed E-state index contributed by atoms with van der Waals surface area (Å²) in [6.45, 7) is 1.85. The molecule has 1 N–H and O–H groups in total. The van der Waals surface area contributed by atoms with Gasteiger partial charge in [0, 0.05) is 35.6 Å². The molecule has 1 aromatic heterocycles. The first-order valence-electron chi connectivity index (χ1n) is 7.63. The Morgan fingerprint density at radius 1 is 1.12 bits per heavy atom. The zero-order valence-corrected chi connectivity index (χ0v) is 13.7. The number of nitro groups is 1. The third kappa shape index (κ3) is 4.18. The molecule has 0 atom stereocenters. The van der Waals surface area contributed by atoms with E-state index in [2.05, 4.69) is 15.3 Å². The van der Waals surface area contributed by atoms with Gasteiger partial charge in [-0.25, -0.2) is 14.8 Å². The molecule has 130 valence electrons. The van der Waals surface area contributed by atoms with Crippen molar-refractivity contribution in [1.29, 1.82) is 0 Å². The van der Waals surface area contributed by atoms with Crippen molar-refractivity contribution in [3.8, 4) is 5.75 Å². The van der Waals surface area contributed by atoms with Gasteiger partial charge in [0.25, 0.3) is 5.69 Å². The maximum absolute atomic E-state index is 12.2. The highest BCUT2D eigenvalue weighted by atomic mass is 16.6. The summed E-state index contributed by atoms with van der Waals surface area (Å²) in [4.78, 5) is 30.6. The van der Waals surface area contributed by atoms with Crippen molar-refractivity contribution in [2.24, 2.45) is 0 Å². The third-order valence-corrected chi connectivity index (χ3v) is 3.41. The first-order valence-corrected chi connectivity index (χ1v) is 7.63. The SMILES string of the molecule is Cc1cc(Nc2cccc(OC(=O)c3cccc([N+](=O)[O-])c3)c2)ncn1. The number of nitro benzene ring substituents is 1. The van der Waals surface area contributed by atoms with Crippen LogP contribution < -0.4 is 10.1 Å². The molecule has 0 bridgehead atoms. The number of nitrogens with zero attached hydrogens (tertiary/aromatic N) is 3. The number of nitrogens with one attached hydrogen (secondary N) is 1. The monoisotopic (exact) mass is 350 g/mol. The van der Waals surface area contributed by atoms with Crippen molar-refractivity contribution in [2.45, 2.75) is 6.92 Å². The van der Waals surface area contributed by atoms with Crippen molar-refractivity contribution < 1.29 is 14.5 Å². The van der Waals surface area contributed by atoms with Crippen LogP contribution in [0.2, 0.25) is 0 Å². The van der Waals surface area contributed by atoms with Gasteiger partial charge in [0.05, 0.1) is 10.5 Å². The molecule has 0 spiro atoms. The molecule has 26 heavy (non-hydrogen) atoms. The van der Waals surface area contributed by atoms with Crippen LogP contribution in [0.3, 0.4) is 0 Å². The maximum Gasteiger partial charge on any atom is 0.343 e. The number of aromatic nitrogens is 2. The van der Waals surface area contributed by atoms with Crippen LogP contribution in [0.15, 0.2) is 60.9 Å². The zero-order chi connectivity index (χ0) is 18.5. The van der Waals surface area contributed by atoms with E-state index in [4.69, 9.17) is 4.74 Å². The lowest BCUT2D eigenvalue weighted by Crippen LogP contribution is -2.09. The zero-order valence-electron chi connectivity index (χ0n) is 13.7. The molecule has 0 fully saturated rings. The molecule has 8 nitrogen and oxygen atoms in total. The van der Waals surface area contributed by atoms with E-state index in [1.165, 1.54) is 30.6 Å². The summed E-state index contributed by atoms with van der Waals surface area (Å²) in [5, 5.41) is 13.9. The standard InChI is InChI=1S/C18H14N4O4/c1-12-8-17(20-11-19-12)21-14-5-3-7-16(10-14)26-18(23)13-4-2-6-15(9-13)22(24)25/h2-11H,1H3,(H,19,20,21). The molecule has 3 aromatic rings. The van der Waals surface area contributed by atoms with E-state index in [9.17, 15) is 14.9 Å². The molecule has 1 heterocycles. The second-order valence-electron chi connectivity index (χ2n) is 5.39. The summed E-state index contributed by atoms with van der Waals surface area (Å²) in [7, 11) is 0. The fourth-order valence-electron chi connectivity index (χ4n) is 2.22. The van der Waals surface area contributed by atoms with Crippen LogP contribution in [-0.4, -0.2) is 20.9 Å². The van der Waals surface area contributed by atoms with Crippen molar-refractivity contribution in [2.75, 3.05) is 5.32 Å². The van der Waals surface area contributed by atoms with E-state index in [1.54, 1.807) is 30.3 Å². The Morgan fingerprint density at radius 3 is 2.69 bits per heavy atom. The molecule has 0 aliphatic heterocycles. The van der Waals surface area contributed by atoms with Crippen molar-refractivity contribution >= 4 is 23.2 Å². The second-order valence-corrected chi connectivity index (χ2v) is 5.39. The largest absolute Gasteiger partial charge is 0.423 e. The molecule has 0 amide bonds. The van der Waals surface area contributed by atoms with Crippen LogP contribution in [0.4, 0.5) is 17.2 Å². The summed E-state index contributed by atoms with van der Waals surface area (Å²) < 4.78 is 5.30. The Kier molecular flexibility index (Phi) is 4.84. The number of esters is 1. The second kappa shape index (κ2) is 7.39. The van der Waals surface area contributed by atoms with E-state index in [-0.39, 0.29) is 11.3 Å². The minimum Gasteiger partial charge on any atom is -0.423 e. The Balaban J connectivity index is 1.75. The van der Waals surface area contributed by atoms with Gasteiger partial charge >= 0.3 is 5.97 Å². The molecule has 0 aliphatic rings. The molecule has 0 radical (unpaired) electrons. The Labute approximate surface area is 148 Å². The lowest BCUT2D eigenvalue weighted by Gasteiger charge is -2.08. The number of hydrogen-bond acceptors (Lipinski definition) is 7. The maximum atomic E-state index is 12.2. The highest BCUT2D eigenvalue weighted by Crippen LogP contribution is 2.22. The summed E-state index contributed by atoms with van der Waals surface area (Å²) in [6.07, 6.45) is 1.45. The van der Waals surface area contributed by atoms with Gasteiger partial charge in [0.15, 0.2) is 0 Å². The highest BCUT2D eigenvalue weighted by molar-refractivity contribution is 5.91. The predicted octanol–water partition coefficient (Wildman–Crippen LogP) is 3.66. The van der Waals surface area contributed by atoms with Crippen molar-refractivity contribution in [3.05, 3.63) is 82.3 Å². The lowest BCUT2D eigenvalue weighted by molar-refractivity contribution is -0.384. The van der Waals surface area contributed by atoms with E-state index >= 15 is 0 Å². The molecule has 0 saturated heterocycles. The number of carbonyl (C=O) groups is 1. The number of hydrogen-bond donors (Lipinski definition) is 1. The number of aryl methyl sites for hydroxylation is 1. The molecular weight excluding hydrogens is 336 g/mol. The Bertz CT molecular complexity index is 975. The van der Waals surface area contributed by atoms with Crippen molar-refractivity contribution in [3.63, 3.8) is 0 Å². The smallest absolute Gasteiger partial charge is 0.343 e. The number of non-ortho nitro benzene ring substituents is 1. The molecule has 0 saturated carbocycles. The van der Waals surface area contributed by atoms with Crippen LogP contribution >= 0.6 is 0 Å². The molecular formula is C18H14N4O4. The van der Waals surface area contributed by atoms with Gasteiger partial charge in [-0.3, -0.25) is 10.1 Å². The average Bonchev–Trinajstić information content (AvgIpc) is 2.62. The van der Waals surface area contributed by atoms with Gasteiger partial charge in [-0.2, -0.15) is 0 Å². The van der Waals surface area contributed by atoms with E-state index in [1.807, 2.05) is 6.92 Å². The number of carbonyl (C=O) groups excluding carboxylic acids is 1. The van der Waals surface area contributed by atoms with Gasteiger partial charge in [0.1, 0.15) is 17.9 Å². The topological polar surface area (TPSA) is 107 Å². The Morgan fingerprint density at radius 2 is 1.92 bits per heavy atom. The van der Waals surface area contributed by atoms with E-state index in [0.717, 1.165) is 5.69 Å². The van der Waals surface area contributed by atoms with Gasteiger partial charge in [-0.15, -0.1) is 0 Å². The minimum atomic E-state index is -0.677. The Hall–Kier alpha value is -3.81. The van der Waals surface area contributed by atoms with Crippen LogP contribution in [0.5, 0.6) is 5.75 Å². The predicted molar refractivity (Wildman–Crippen MR) is 94.5 cm³/mol. The summed E-state index contributed by atoms with van der Waals surface area (Å²) in [5.41, 5.74) is 1.42. The quantitative estimate of drug-likeness (QED) is 0.324. The fourth-order valence-corrected chi connectivity index (χ4v) is 2.22. The highest BCUT2D eigenvalue weighted by Gasteiger charge is 2.13. The number of rotatable bonds is 5. The number of ether oxygens (including phenoxy) is 1. The first-order chi connectivity index (χ1) is 12.5. The van der Waals surface area contributed by atoms with Crippen LogP contribution in [0.25, 0.3) is 0 Å². The fraction of sp³-hybridized carbons (Fsp3) is 0.0556. The lowest BCUT2D eigenvalue weighted by atomic mass is 10.2. The summed E-state index contributed by atoms with van der Waals surface area (Å²) in [6, 6.07) is 13.9. The number of anilines is 2. The van der Waals surface area contributed by atoms with Crippen LogP contribution in [-0.2, 0) is 0 Å². The van der Waals surface area contributed by atoms with Gasteiger partial charge in [0.2, 0.25) is 0 Å². The molecule has 2 aromatic carbocycles. The van der Waals surface area contributed by atoms with Gasteiger partial charge < -0.3 is 10.1 Å². The molecule has 0 aliphatic carbocycles. The van der Waals surface area contributed by atoms with E-state index in [0.29, 0.717) is 17.3 Å². The third-order valence-electron chi connectivity index (χ3n) is 3.41. The van der Waals surface area contributed by atoms with Crippen molar-refractivity contribution in [1.82, 2.24) is 9.97 Å². The summed E-state index contributed by atoms with van der Waals surface area (Å²) >= 11 is 0. The average molecular weight is 350 g/mol. The molecule has 3 rings (SSSR count). The number of benzene rings is 2. The van der Waals surface area contributed by atoms with Gasteiger partial charge in [-0.05, 0) is 25.1 Å². The normalized spacial score (nSPS) is 10.2. The first kappa shape index (κ1) is 17.0. The van der Waals surface area contributed by atoms with Gasteiger partial charge in [-0.1, -0.05) is 12.1 Å². The van der Waals surface area contributed by atoms with Crippen LogP contribution in [0, 0.1) is 17.0 Å².